The van der Waals surface area contributed by atoms with Crippen molar-refractivity contribution in [3.63, 3.8) is 0 Å². The summed E-state index contributed by atoms with van der Waals surface area (Å²) in [6, 6.07) is 0. The van der Waals surface area contributed by atoms with Gasteiger partial charge in [-0.15, -0.1) is 0 Å². The molecule has 17 nitrogen and oxygen atoms in total. The van der Waals surface area contributed by atoms with Crippen molar-refractivity contribution in [2.75, 3.05) is 5.73 Å². The van der Waals surface area contributed by atoms with Crippen LogP contribution in [-0.4, -0.2) is 70.9 Å². The molecule has 4 aliphatic rings. The molecule has 0 spiro atoms. The summed E-state index contributed by atoms with van der Waals surface area (Å²) in [5.74, 6) is -1.00. The lowest BCUT2D eigenvalue weighted by atomic mass is 9.65. The molecule has 8 atom stereocenters. The van der Waals surface area contributed by atoms with E-state index in [0.29, 0.717) is 0 Å². The smallest absolute Gasteiger partial charge is 0.384 e. The number of phosphoric ester groups is 1. The second-order valence-corrected chi connectivity index (χ2v) is 12.1. The van der Waals surface area contributed by atoms with E-state index < -0.39 is 65.0 Å². The molecular weight excluding hydrogens is 532 g/mol. The maximum absolute atomic E-state index is 15.3. The Hall–Kier alpha value is -1.39. The van der Waals surface area contributed by atoms with Crippen LogP contribution >= 0.6 is 23.5 Å². The first-order valence-corrected chi connectivity index (χ1v) is 13.8. The first-order chi connectivity index (χ1) is 15.5. The number of hydrogen-bond acceptors (Lipinski definition) is 12. The van der Waals surface area contributed by atoms with E-state index in [2.05, 4.69) is 28.1 Å². The van der Waals surface area contributed by atoms with Gasteiger partial charge in [-0.2, -0.15) is 8.62 Å². The summed E-state index contributed by atoms with van der Waals surface area (Å²) in [4.78, 5) is 58.1. The number of fused-ring (bicyclic) bond motifs is 3. The summed E-state index contributed by atoms with van der Waals surface area (Å²) >= 11 is 0. The zero-order chi connectivity index (χ0) is 25.3. The van der Waals surface area contributed by atoms with Gasteiger partial charge in [0, 0.05) is 25.0 Å². The van der Waals surface area contributed by atoms with Crippen LogP contribution in [0, 0.1) is 5.92 Å². The molecule has 2 bridgehead atoms. The van der Waals surface area contributed by atoms with Crippen LogP contribution in [0.4, 0.5) is 16.0 Å². The molecule has 34 heavy (non-hydrogen) atoms. The molecule has 0 radical (unpaired) electrons. The van der Waals surface area contributed by atoms with E-state index in [1.807, 2.05) is 0 Å². The molecule has 0 amide bonds. The van der Waals surface area contributed by atoms with Crippen LogP contribution in [0.5, 0.6) is 0 Å². The lowest BCUT2D eigenvalue weighted by Crippen LogP contribution is -2.76. The van der Waals surface area contributed by atoms with Crippen molar-refractivity contribution in [1.29, 1.82) is 0 Å². The first kappa shape index (κ1) is 25.7. The Balaban J connectivity index is 1.47. The molecule has 5 rings (SSSR count). The fourth-order valence-electron chi connectivity index (χ4n) is 4.03. The van der Waals surface area contributed by atoms with Gasteiger partial charge in [0.05, 0.1) is 11.8 Å². The molecule has 1 saturated carbocycles. The van der Waals surface area contributed by atoms with Crippen LogP contribution in [0.25, 0.3) is 0 Å². The Labute approximate surface area is 188 Å². The third kappa shape index (κ3) is 4.95. The lowest BCUT2D eigenvalue weighted by molar-refractivity contribution is -0.325. The minimum atomic E-state index is -5.80. The van der Waals surface area contributed by atoms with E-state index in [1.165, 1.54) is 6.21 Å². The molecule has 6 unspecified atom stereocenters. The van der Waals surface area contributed by atoms with Crippen molar-refractivity contribution in [2.45, 2.75) is 42.9 Å². The summed E-state index contributed by atoms with van der Waals surface area (Å²) < 4.78 is 66.9. The van der Waals surface area contributed by atoms with E-state index >= 15 is 4.39 Å². The maximum atomic E-state index is 15.3. The van der Waals surface area contributed by atoms with Gasteiger partial charge in [0.25, 0.3) is 5.56 Å². The second-order valence-electron chi connectivity index (χ2n) is 7.75. The van der Waals surface area contributed by atoms with Gasteiger partial charge in [0.2, 0.25) is 5.95 Å². The Kier molecular flexibility index (Phi) is 6.30. The molecule has 3 aliphatic heterocycles. The molecule has 1 aromatic rings. The van der Waals surface area contributed by atoms with Crippen molar-refractivity contribution in [3.8, 4) is 0 Å². The number of aliphatic imine (C=N–C) groups is 1. The number of nitrogens with one attached hydrogen (secondary N) is 1. The highest BCUT2D eigenvalue weighted by Gasteiger charge is 2.69. The number of aromatic nitrogens is 2. The van der Waals surface area contributed by atoms with Gasteiger partial charge in [0.1, 0.15) is 23.5 Å². The highest BCUT2D eigenvalue weighted by Crippen LogP contribution is 2.68. The van der Waals surface area contributed by atoms with Crippen molar-refractivity contribution < 1.29 is 60.6 Å². The molecule has 0 aromatic carbocycles. The topological polar surface area (TPSA) is 273 Å². The number of nitrogens with zero attached hydrogens (tertiary/aromatic N) is 2. The fraction of sp³-hybridized carbons (Fsp3) is 0.615. The van der Waals surface area contributed by atoms with Gasteiger partial charge in [-0.1, -0.05) is 0 Å². The number of halogens is 1. The normalized spacial score (nSPS) is 36.1. The number of phosphoric acid groups is 3. The average molecular weight is 550 g/mol. The first-order valence-electron chi connectivity index (χ1n) is 9.27. The number of nitrogens with two attached hydrogens (primary N) is 1. The molecular formula is C13H18FN4O13P3. The van der Waals surface area contributed by atoms with Crippen LogP contribution < -0.4 is 11.3 Å². The number of rotatable bonds is 7. The number of aliphatic hydroxyl groups is 1. The number of ether oxygens (including phenoxy) is 1. The van der Waals surface area contributed by atoms with Crippen LogP contribution in [0.2, 0.25) is 0 Å². The third-order valence-corrected chi connectivity index (χ3v) is 9.17. The zero-order valence-electron chi connectivity index (χ0n) is 16.6. The van der Waals surface area contributed by atoms with Crippen LogP contribution in [0.15, 0.2) is 9.79 Å². The van der Waals surface area contributed by atoms with Gasteiger partial charge in [0.15, 0.2) is 6.17 Å². The highest BCUT2D eigenvalue weighted by molar-refractivity contribution is 7.66. The Bertz CT molecular complexity index is 1240. The van der Waals surface area contributed by atoms with E-state index in [4.69, 9.17) is 20.3 Å². The van der Waals surface area contributed by atoms with E-state index in [0.717, 1.165) is 0 Å². The summed E-state index contributed by atoms with van der Waals surface area (Å²) in [5, 5.41) is 10.7. The number of alkyl halides is 1. The Morgan fingerprint density at radius 1 is 1.21 bits per heavy atom. The largest absolute Gasteiger partial charge is 0.490 e. The molecule has 21 heteroatoms. The van der Waals surface area contributed by atoms with Crippen LogP contribution in [-0.2, 0) is 38.0 Å². The van der Waals surface area contributed by atoms with E-state index in [9.17, 15) is 33.4 Å². The molecule has 1 aromatic heterocycles. The van der Waals surface area contributed by atoms with Gasteiger partial charge < -0.3 is 35.2 Å². The zero-order valence-corrected chi connectivity index (χ0v) is 19.3. The maximum Gasteiger partial charge on any atom is 0.490 e. The van der Waals surface area contributed by atoms with Crippen LogP contribution in [0.1, 0.15) is 12.1 Å². The monoisotopic (exact) mass is 550 g/mol. The molecule has 2 saturated heterocycles. The van der Waals surface area contributed by atoms with Gasteiger partial charge in [-0.3, -0.25) is 19.3 Å². The minimum absolute atomic E-state index is 0.0222. The average Bonchev–Trinajstić information content (AvgIpc) is 2.64. The Morgan fingerprint density at radius 3 is 2.53 bits per heavy atom. The van der Waals surface area contributed by atoms with Crippen molar-refractivity contribution >= 4 is 41.3 Å². The minimum Gasteiger partial charge on any atom is -0.384 e. The van der Waals surface area contributed by atoms with E-state index in [-0.39, 0.29) is 30.2 Å². The number of H-pyrrole nitrogens is 1. The summed E-state index contributed by atoms with van der Waals surface area (Å²) in [5.41, 5.74) is 2.66. The van der Waals surface area contributed by atoms with Crippen LogP contribution in [0.3, 0.4) is 0 Å². The fourth-order valence-corrected chi connectivity index (χ4v) is 7.29. The quantitative estimate of drug-likeness (QED) is 0.204. The van der Waals surface area contributed by atoms with Gasteiger partial charge >= 0.3 is 23.5 Å². The van der Waals surface area contributed by atoms with E-state index in [1.54, 1.807) is 0 Å². The highest BCUT2D eigenvalue weighted by atomic mass is 31.3. The SMILES string of the molecule is Nc1nc2c(c(=O)[nH]1)N=CC([C@@H]1OC3CC(O)(C3OP(=O)(O)OP(=O)(O)OP(=O)(O)O)[C@H]1F)C2. The standard InChI is InChI=1S/C13H18FN4O13P3/c14-9-8(4-1-5-7(16-3-4)11(19)18-12(15)17-5)28-6-2-13(9,20)10(6)29-33(24,25)31-34(26,27)30-32(21,22)23/h3-4,6,8-10,20H,1-2H2,(H,24,25)(H,26,27)(H2,21,22,23)(H3,15,17,18,19)/t4?,6?,8-,9-,10?,13?/m0/s1. The summed E-state index contributed by atoms with van der Waals surface area (Å²) in [7, 11) is -17.0. The van der Waals surface area contributed by atoms with Crippen molar-refractivity contribution in [3.05, 3.63) is 16.0 Å². The lowest BCUT2D eigenvalue weighted by Gasteiger charge is -2.59. The predicted octanol–water partition coefficient (Wildman–Crippen LogP) is -0.821. The molecule has 8 N–H and O–H groups in total. The van der Waals surface area contributed by atoms with Crippen molar-refractivity contribution in [2.24, 2.45) is 10.9 Å². The second kappa shape index (κ2) is 8.34. The number of nitrogen functional groups attached to an aromatic ring is 1. The number of anilines is 1. The van der Waals surface area contributed by atoms with Gasteiger partial charge in [-0.05, 0) is 0 Å². The number of hydrogen-bond donors (Lipinski definition) is 7. The summed E-state index contributed by atoms with van der Waals surface area (Å²) in [6.45, 7) is 0. The van der Waals surface area contributed by atoms with Crippen molar-refractivity contribution in [1.82, 2.24) is 9.97 Å². The molecule has 3 fully saturated rings. The molecule has 190 valence electrons. The number of aromatic amines is 1. The molecule has 4 heterocycles. The predicted molar refractivity (Wildman–Crippen MR) is 106 cm³/mol. The Morgan fingerprint density at radius 2 is 1.88 bits per heavy atom. The summed E-state index contributed by atoms with van der Waals surface area (Å²) in [6.07, 6.45) is -5.78. The molecule has 1 aliphatic carbocycles. The van der Waals surface area contributed by atoms with Gasteiger partial charge in [-0.25, -0.2) is 23.1 Å². The third-order valence-electron chi connectivity index (χ3n) is 5.35.